The molecule has 0 aliphatic carbocycles. The largest absolute Gasteiger partial charge is 0.444 e. The first kappa shape index (κ1) is 14.6. The number of aromatic nitrogens is 1. The lowest BCUT2D eigenvalue weighted by atomic mass is 10.2. The molecule has 0 fully saturated rings. The molecular weight excluding hydrogens is 274 g/mol. The van der Waals surface area contributed by atoms with Gasteiger partial charge in [-0.1, -0.05) is 30.3 Å². The number of nitrogens with zero attached hydrogens (tertiary/aromatic N) is 2. The van der Waals surface area contributed by atoms with E-state index < -0.39 is 6.09 Å². The molecule has 0 aliphatic rings. The Morgan fingerprint density at radius 1 is 1.38 bits per heavy atom. The zero-order chi connectivity index (χ0) is 15.1. The van der Waals surface area contributed by atoms with E-state index in [1.165, 1.54) is 7.11 Å². The van der Waals surface area contributed by atoms with Gasteiger partial charge in [-0.3, -0.25) is 5.32 Å². The number of oxazole rings is 1. The van der Waals surface area contributed by atoms with E-state index in [1.807, 2.05) is 36.4 Å². The van der Waals surface area contributed by atoms with Gasteiger partial charge in [0.05, 0.1) is 0 Å². The summed E-state index contributed by atoms with van der Waals surface area (Å²) in [6, 6.07) is 11.0. The van der Waals surface area contributed by atoms with E-state index in [0.717, 1.165) is 5.56 Å². The fourth-order valence-electron chi connectivity index (χ4n) is 1.56. The summed E-state index contributed by atoms with van der Waals surface area (Å²) in [5.74, 6) is 0.148. The molecule has 0 spiro atoms. The number of amides is 1. The topological polar surface area (TPSA) is 97.4 Å². The molecule has 0 atom stereocenters. The van der Waals surface area contributed by atoms with Crippen LogP contribution in [0.2, 0.25) is 0 Å². The molecule has 1 N–H and O–H groups in total. The molecule has 1 heterocycles. The van der Waals surface area contributed by atoms with Crippen LogP contribution in [0.4, 0.5) is 10.7 Å². The number of methoxy groups -OCH3 is 1. The molecule has 7 heteroatoms. The first-order valence-electron chi connectivity index (χ1n) is 6.09. The van der Waals surface area contributed by atoms with E-state index in [1.54, 1.807) is 0 Å². The Kier molecular flexibility index (Phi) is 4.90. The number of carbonyl (C=O) groups is 1. The third-order valence-corrected chi connectivity index (χ3v) is 2.47. The van der Waals surface area contributed by atoms with E-state index in [0.29, 0.717) is 0 Å². The van der Waals surface area contributed by atoms with Crippen LogP contribution in [0.25, 0.3) is 0 Å². The summed E-state index contributed by atoms with van der Waals surface area (Å²) in [4.78, 5) is 15.5. The second kappa shape index (κ2) is 7.07. The van der Waals surface area contributed by atoms with Gasteiger partial charge in [0.2, 0.25) is 17.5 Å². The third kappa shape index (κ3) is 4.06. The summed E-state index contributed by atoms with van der Waals surface area (Å²) in [5, 5.41) is 11.3. The Hall–Kier alpha value is -2.85. The maximum atomic E-state index is 11.7. The number of anilines is 1. The molecule has 21 heavy (non-hydrogen) atoms. The molecule has 0 bridgehead atoms. The van der Waals surface area contributed by atoms with Gasteiger partial charge in [-0.2, -0.15) is 10.2 Å². The fraction of sp³-hybridized carbons (Fsp3) is 0.214. The molecule has 2 aromatic rings. The SMILES string of the molecule is COCc1nc(C#N)c(NC(=O)OCc2ccccc2)o1. The van der Waals surface area contributed by atoms with Crippen molar-refractivity contribution in [3.63, 3.8) is 0 Å². The lowest BCUT2D eigenvalue weighted by molar-refractivity contribution is 0.152. The fourth-order valence-corrected chi connectivity index (χ4v) is 1.56. The lowest BCUT2D eigenvalue weighted by Crippen LogP contribution is -2.13. The highest BCUT2D eigenvalue weighted by atomic mass is 16.6. The molecule has 0 aliphatic heterocycles. The third-order valence-electron chi connectivity index (χ3n) is 2.47. The summed E-state index contributed by atoms with van der Waals surface area (Å²) in [6.45, 7) is 0.225. The van der Waals surface area contributed by atoms with Gasteiger partial charge in [0.1, 0.15) is 19.3 Å². The number of ether oxygens (including phenoxy) is 2. The van der Waals surface area contributed by atoms with Crippen molar-refractivity contribution in [1.82, 2.24) is 4.98 Å². The number of carbonyl (C=O) groups excluding carboxylic acids is 1. The van der Waals surface area contributed by atoms with Gasteiger partial charge in [0.15, 0.2) is 0 Å². The maximum absolute atomic E-state index is 11.7. The molecule has 0 radical (unpaired) electrons. The summed E-state index contributed by atoms with van der Waals surface area (Å²) in [6.07, 6.45) is -0.726. The Morgan fingerprint density at radius 2 is 2.14 bits per heavy atom. The molecule has 1 aromatic heterocycles. The number of benzene rings is 1. The van der Waals surface area contributed by atoms with Crippen LogP contribution in [0, 0.1) is 11.3 Å². The second-order valence-electron chi connectivity index (χ2n) is 4.02. The number of rotatable bonds is 5. The Morgan fingerprint density at radius 3 is 2.81 bits per heavy atom. The molecule has 0 saturated carbocycles. The number of nitrogens with one attached hydrogen (secondary N) is 1. The molecule has 0 saturated heterocycles. The van der Waals surface area contributed by atoms with E-state index in [2.05, 4.69) is 10.3 Å². The van der Waals surface area contributed by atoms with Gasteiger partial charge in [0, 0.05) is 7.11 Å². The second-order valence-corrected chi connectivity index (χ2v) is 4.02. The van der Waals surface area contributed by atoms with Gasteiger partial charge >= 0.3 is 6.09 Å². The van der Waals surface area contributed by atoms with Crippen LogP contribution in [-0.2, 0) is 22.7 Å². The van der Waals surface area contributed by atoms with E-state index in [9.17, 15) is 4.79 Å². The summed E-state index contributed by atoms with van der Waals surface area (Å²) in [7, 11) is 1.47. The van der Waals surface area contributed by atoms with Gasteiger partial charge in [-0.15, -0.1) is 0 Å². The minimum absolute atomic E-state index is 0.0290. The van der Waals surface area contributed by atoms with Crippen molar-refractivity contribution < 1.29 is 18.7 Å². The molecular formula is C14H13N3O4. The van der Waals surface area contributed by atoms with E-state index >= 15 is 0 Å². The smallest absolute Gasteiger partial charge is 0.414 e. The van der Waals surface area contributed by atoms with Crippen LogP contribution in [0.5, 0.6) is 0 Å². The van der Waals surface area contributed by atoms with Crippen molar-refractivity contribution in [2.24, 2.45) is 0 Å². The average molecular weight is 287 g/mol. The van der Waals surface area contributed by atoms with Crippen molar-refractivity contribution in [3.05, 3.63) is 47.5 Å². The molecule has 2 rings (SSSR count). The molecule has 1 aromatic carbocycles. The maximum Gasteiger partial charge on any atom is 0.414 e. The standard InChI is InChI=1S/C14H13N3O4/c1-19-9-12-16-11(7-15)13(21-12)17-14(18)20-8-10-5-3-2-4-6-10/h2-6H,8-9H2,1H3,(H,17,18). The highest BCUT2D eigenvalue weighted by Gasteiger charge is 2.16. The predicted molar refractivity (Wildman–Crippen MR) is 72.2 cm³/mol. The van der Waals surface area contributed by atoms with Crippen molar-refractivity contribution in [3.8, 4) is 6.07 Å². The highest BCUT2D eigenvalue weighted by Crippen LogP contribution is 2.17. The molecule has 7 nitrogen and oxygen atoms in total. The van der Waals surface area contributed by atoms with Gasteiger partial charge in [-0.05, 0) is 5.56 Å². The lowest BCUT2D eigenvalue weighted by Gasteiger charge is -2.04. The normalized spacial score (nSPS) is 9.90. The predicted octanol–water partition coefficient (Wildman–Crippen LogP) is 2.44. The first-order valence-corrected chi connectivity index (χ1v) is 6.09. The Bertz CT molecular complexity index is 646. The van der Waals surface area contributed by atoms with Crippen LogP contribution in [0.15, 0.2) is 34.7 Å². The quantitative estimate of drug-likeness (QED) is 0.907. The van der Waals surface area contributed by atoms with Gasteiger partial charge < -0.3 is 13.9 Å². The van der Waals surface area contributed by atoms with Crippen molar-refractivity contribution >= 4 is 12.0 Å². The molecule has 0 unspecified atom stereocenters. The van der Waals surface area contributed by atoms with Crippen molar-refractivity contribution in [2.75, 3.05) is 12.4 Å². The zero-order valence-corrected chi connectivity index (χ0v) is 11.3. The Balaban J connectivity index is 1.95. The molecule has 1 amide bonds. The van der Waals surface area contributed by atoms with Crippen molar-refractivity contribution in [2.45, 2.75) is 13.2 Å². The van der Waals surface area contributed by atoms with Gasteiger partial charge in [-0.25, -0.2) is 4.79 Å². The summed E-state index contributed by atoms with van der Waals surface area (Å²) in [5.41, 5.74) is 0.824. The monoisotopic (exact) mass is 287 g/mol. The van der Waals surface area contributed by atoms with Crippen LogP contribution >= 0.6 is 0 Å². The molecule has 108 valence electrons. The number of hydrogen-bond donors (Lipinski definition) is 1. The van der Waals surface area contributed by atoms with E-state index in [4.69, 9.17) is 19.2 Å². The Labute approximate surface area is 121 Å². The van der Waals surface area contributed by atoms with E-state index in [-0.39, 0.29) is 30.7 Å². The minimum atomic E-state index is -0.726. The summed E-state index contributed by atoms with van der Waals surface area (Å²) < 4.78 is 15.1. The highest BCUT2D eigenvalue weighted by molar-refractivity contribution is 5.84. The first-order chi connectivity index (χ1) is 10.2. The average Bonchev–Trinajstić information content (AvgIpc) is 2.88. The van der Waals surface area contributed by atoms with Crippen molar-refractivity contribution in [1.29, 1.82) is 5.26 Å². The number of hydrogen-bond acceptors (Lipinski definition) is 6. The zero-order valence-electron chi connectivity index (χ0n) is 11.3. The van der Waals surface area contributed by atoms with Crippen LogP contribution in [0.1, 0.15) is 17.1 Å². The van der Waals surface area contributed by atoms with Crippen LogP contribution in [0.3, 0.4) is 0 Å². The van der Waals surface area contributed by atoms with Crippen LogP contribution in [-0.4, -0.2) is 18.2 Å². The number of nitriles is 1. The summed E-state index contributed by atoms with van der Waals surface area (Å²) >= 11 is 0. The minimum Gasteiger partial charge on any atom is -0.444 e. The van der Waals surface area contributed by atoms with Crippen LogP contribution < -0.4 is 5.32 Å². The van der Waals surface area contributed by atoms with Gasteiger partial charge in [0.25, 0.3) is 0 Å².